The molecule has 1 amide bonds. The highest BCUT2D eigenvalue weighted by Crippen LogP contribution is 2.48. The Bertz CT molecular complexity index is 572. The number of thioether (sulfide) groups is 1. The van der Waals surface area contributed by atoms with Crippen molar-refractivity contribution in [3.63, 3.8) is 0 Å². The number of fused-ring (bicyclic) bond motifs is 2. The maximum atomic E-state index is 12.4. The summed E-state index contributed by atoms with van der Waals surface area (Å²) in [4.78, 5) is 25.1. The first kappa shape index (κ1) is 13.7. The number of allylic oxidation sites excluding steroid dienone is 1. The second-order valence-electron chi connectivity index (χ2n) is 6.51. The smallest absolute Gasteiger partial charge is 0.261 e. The van der Waals surface area contributed by atoms with Crippen LogP contribution < -0.4 is 0 Å². The van der Waals surface area contributed by atoms with Gasteiger partial charge in [-0.15, -0.1) is 0 Å². The average molecular weight is 303 g/mol. The molecule has 112 valence electrons. The monoisotopic (exact) mass is 303 g/mol. The summed E-state index contributed by atoms with van der Waals surface area (Å²) < 4.78 is 0. The summed E-state index contributed by atoms with van der Waals surface area (Å²) in [6, 6.07) is 0.639. The van der Waals surface area contributed by atoms with E-state index in [9.17, 15) is 4.79 Å². The topological polar surface area (TPSA) is 45.0 Å². The standard InChI is InChI=1S/C16H21N3OS/c1-19(10-5-2-3-6-10)9-13-17-15(20)14-11-7-4-8-12(11)21-16(14)18-13/h10,14H,2-9H2,1H3. The molecule has 0 saturated heterocycles. The first-order valence-electron chi connectivity index (χ1n) is 8.02. The van der Waals surface area contributed by atoms with Crippen LogP contribution in [-0.4, -0.2) is 41.3 Å². The lowest BCUT2D eigenvalue weighted by Crippen LogP contribution is -2.36. The highest BCUT2D eigenvalue weighted by molar-refractivity contribution is 8.17. The number of rotatable bonds is 3. The predicted molar refractivity (Wildman–Crippen MR) is 86.7 cm³/mol. The molecule has 2 heterocycles. The number of aliphatic imine (C=N–C) groups is 2. The van der Waals surface area contributed by atoms with Crippen molar-refractivity contribution in [2.75, 3.05) is 13.6 Å². The Morgan fingerprint density at radius 1 is 1.19 bits per heavy atom. The summed E-state index contributed by atoms with van der Waals surface area (Å²) in [6.45, 7) is 0.706. The quantitative estimate of drug-likeness (QED) is 0.805. The zero-order chi connectivity index (χ0) is 14.4. The highest BCUT2D eigenvalue weighted by Gasteiger charge is 2.41. The van der Waals surface area contributed by atoms with Crippen molar-refractivity contribution < 1.29 is 4.79 Å². The lowest BCUT2D eigenvalue weighted by Gasteiger charge is -2.25. The number of carbonyl (C=O) groups excluding carboxylic acids is 1. The minimum Gasteiger partial charge on any atom is -0.296 e. The highest BCUT2D eigenvalue weighted by atomic mass is 32.2. The molecule has 2 aliphatic heterocycles. The van der Waals surface area contributed by atoms with Gasteiger partial charge in [-0.2, -0.15) is 4.99 Å². The van der Waals surface area contributed by atoms with Gasteiger partial charge in [0.15, 0.2) is 0 Å². The number of amidine groups is 1. The first-order valence-corrected chi connectivity index (χ1v) is 8.84. The fourth-order valence-corrected chi connectivity index (χ4v) is 5.31. The molecule has 1 fully saturated rings. The first-order chi connectivity index (χ1) is 10.2. The van der Waals surface area contributed by atoms with Crippen molar-refractivity contribution in [3.8, 4) is 0 Å². The Kier molecular flexibility index (Phi) is 3.50. The third kappa shape index (κ3) is 2.40. The van der Waals surface area contributed by atoms with E-state index in [1.165, 1.54) is 42.6 Å². The molecule has 2 aliphatic carbocycles. The van der Waals surface area contributed by atoms with Crippen LogP contribution in [0.4, 0.5) is 0 Å². The Labute approximate surface area is 129 Å². The second kappa shape index (κ2) is 5.36. The van der Waals surface area contributed by atoms with Gasteiger partial charge in [-0.05, 0) is 49.6 Å². The van der Waals surface area contributed by atoms with Crippen LogP contribution in [0.2, 0.25) is 0 Å². The largest absolute Gasteiger partial charge is 0.296 e. The normalized spacial score (nSPS) is 29.0. The third-order valence-corrected chi connectivity index (χ3v) is 6.34. The van der Waals surface area contributed by atoms with Crippen LogP contribution in [-0.2, 0) is 4.79 Å². The molecule has 0 radical (unpaired) electrons. The molecule has 4 nitrogen and oxygen atoms in total. The van der Waals surface area contributed by atoms with E-state index in [1.54, 1.807) is 11.8 Å². The summed E-state index contributed by atoms with van der Waals surface area (Å²) in [5.41, 5.74) is 1.32. The number of amides is 1. The van der Waals surface area contributed by atoms with Crippen LogP contribution in [0, 0.1) is 5.92 Å². The third-order valence-electron chi connectivity index (χ3n) is 5.10. The number of hydrogen-bond acceptors (Lipinski definition) is 4. The number of nitrogens with zero attached hydrogens (tertiary/aromatic N) is 3. The molecule has 0 N–H and O–H groups in total. The van der Waals surface area contributed by atoms with Crippen LogP contribution >= 0.6 is 11.8 Å². The molecule has 0 aromatic rings. The lowest BCUT2D eigenvalue weighted by atomic mass is 9.98. The van der Waals surface area contributed by atoms with Crippen molar-refractivity contribution >= 4 is 28.5 Å². The molecular formula is C16H21N3OS. The van der Waals surface area contributed by atoms with Crippen LogP contribution in [0.5, 0.6) is 0 Å². The number of likely N-dealkylation sites (N-methyl/N-ethyl adjacent to an activating group) is 1. The van der Waals surface area contributed by atoms with E-state index in [0.717, 1.165) is 17.9 Å². The van der Waals surface area contributed by atoms with Crippen molar-refractivity contribution in [3.05, 3.63) is 10.5 Å². The van der Waals surface area contributed by atoms with Gasteiger partial charge in [0.05, 0.1) is 11.6 Å². The van der Waals surface area contributed by atoms with Crippen molar-refractivity contribution in [2.45, 2.75) is 51.0 Å². The van der Waals surface area contributed by atoms with Gasteiger partial charge in [-0.1, -0.05) is 24.6 Å². The van der Waals surface area contributed by atoms with Gasteiger partial charge < -0.3 is 0 Å². The fraction of sp³-hybridized carbons (Fsp3) is 0.688. The maximum Gasteiger partial charge on any atom is 0.261 e. The number of carbonyl (C=O) groups is 1. The van der Waals surface area contributed by atoms with Crippen LogP contribution in [0.1, 0.15) is 44.9 Å². The molecule has 1 unspecified atom stereocenters. The summed E-state index contributed by atoms with van der Waals surface area (Å²) in [6.07, 6.45) is 8.55. The minimum atomic E-state index is -0.118. The Morgan fingerprint density at radius 3 is 2.81 bits per heavy atom. The molecule has 0 bridgehead atoms. The fourth-order valence-electron chi connectivity index (χ4n) is 3.95. The van der Waals surface area contributed by atoms with Gasteiger partial charge in [-0.25, -0.2) is 4.99 Å². The molecule has 1 saturated carbocycles. The van der Waals surface area contributed by atoms with Gasteiger partial charge in [-0.3, -0.25) is 9.69 Å². The summed E-state index contributed by atoms with van der Waals surface area (Å²) in [5, 5.41) is 0.995. The SMILES string of the molecule is CN(CC1=NC(=O)C2C(=N1)SC1=C2CCC1)C1CCCC1. The van der Waals surface area contributed by atoms with Crippen LogP contribution in [0.15, 0.2) is 20.5 Å². The van der Waals surface area contributed by atoms with E-state index < -0.39 is 0 Å². The molecule has 4 rings (SSSR count). The Morgan fingerprint density at radius 2 is 2.00 bits per heavy atom. The van der Waals surface area contributed by atoms with Crippen LogP contribution in [0.3, 0.4) is 0 Å². The molecule has 4 aliphatic rings. The van der Waals surface area contributed by atoms with Crippen molar-refractivity contribution in [1.29, 1.82) is 0 Å². The van der Waals surface area contributed by atoms with Gasteiger partial charge in [0.2, 0.25) is 0 Å². The average Bonchev–Trinajstić information content (AvgIpc) is 3.14. The van der Waals surface area contributed by atoms with E-state index in [4.69, 9.17) is 4.99 Å². The van der Waals surface area contributed by atoms with E-state index in [1.807, 2.05) is 0 Å². The Hall–Kier alpha value is -0.940. The lowest BCUT2D eigenvalue weighted by molar-refractivity contribution is -0.118. The second-order valence-corrected chi connectivity index (χ2v) is 7.62. The predicted octanol–water partition coefficient (Wildman–Crippen LogP) is 3.00. The molecule has 5 heteroatoms. The van der Waals surface area contributed by atoms with Gasteiger partial charge in [0.25, 0.3) is 5.91 Å². The minimum absolute atomic E-state index is 0.0224. The zero-order valence-electron chi connectivity index (χ0n) is 12.5. The Balaban J connectivity index is 1.49. The maximum absolute atomic E-state index is 12.4. The molecule has 0 aromatic heterocycles. The van der Waals surface area contributed by atoms with Crippen molar-refractivity contribution in [1.82, 2.24) is 4.90 Å². The van der Waals surface area contributed by atoms with Gasteiger partial charge >= 0.3 is 0 Å². The summed E-state index contributed by atoms with van der Waals surface area (Å²) in [5.74, 6) is 0.622. The summed E-state index contributed by atoms with van der Waals surface area (Å²) >= 11 is 1.74. The van der Waals surface area contributed by atoms with E-state index in [2.05, 4.69) is 16.9 Å². The number of hydrogen-bond donors (Lipinski definition) is 0. The van der Waals surface area contributed by atoms with E-state index in [0.29, 0.717) is 18.4 Å². The van der Waals surface area contributed by atoms with Crippen molar-refractivity contribution in [2.24, 2.45) is 15.9 Å². The van der Waals surface area contributed by atoms with Gasteiger partial charge in [0, 0.05) is 6.04 Å². The molecule has 0 aromatic carbocycles. The zero-order valence-corrected chi connectivity index (χ0v) is 13.3. The molecule has 0 spiro atoms. The molecule has 21 heavy (non-hydrogen) atoms. The molecule has 1 atom stereocenters. The van der Waals surface area contributed by atoms with E-state index >= 15 is 0 Å². The van der Waals surface area contributed by atoms with E-state index in [-0.39, 0.29) is 11.8 Å². The van der Waals surface area contributed by atoms with Gasteiger partial charge in [0.1, 0.15) is 11.8 Å². The molecular weight excluding hydrogens is 282 g/mol. The summed E-state index contributed by atoms with van der Waals surface area (Å²) in [7, 11) is 2.13. The van der Waals surface area contributed by atoms with Crippen LogP contribution in [0.25, 0.3) is 0 Å².